The Morgan fingerprint density at radius 3 is 2.32 bits per heavy atom. The van der Waals surface area contributed by atoms with Crippen molar-refractivity contribution in [3.63, 3.8) is 0 Å². The number of carbonyl (C=O) groups excluding carboxylic acids is 6. The number of benzene rings is 1. The predicted octanol–water partition coefficient (Wildman–Crippen LogP) is 3.56. The molecule has 20 nitrogen and oxygen atoms in total. The summed E-state index contributed by atoms with van der Waals surface area (Å²) >= 11 is 0. The molecule has 1 aliphatic carbocycles. The summed E-state index contributed by atoms with van der Waals surface area (Å²) in [7, 11) is 8.64. The minimum absolute atomic E-state index is 0. The van der Waals surface area contributed by atoms with Crippen molar-refractivity contribution in [1.82, 2.24) is 49.6 Å². The van der Waals surface area contributed by atoms with Gasteiger partial charge in [0.25, 0.3) is 0 Å². The monoisotopic (exact) mass is 982 g/mol. The molecular formula is C44H60BN13O7Y. The number of aromatic nitrogens is 5. The van der Waals surface area contributed by atoms with E-state index in [1.165, 1.54) is 64.6 Å². The molecule has 3 radical (unpaired) electrons. The van der Waals surface area contributed by atoms with E-state index in [2.05, 4.69) is 44.8 Å². The van der Waals surface area contributed by atoms with Crippen LogP contribution in [0, 0.1) is 17.2 Å². The molecule has 2 aliphatic rings. The Balaban J connectivity index is 0.00000157. The predicted molar refractivity (Wildman–Crippen MR) is 244 cm³/mol. The fourth-order valence-electron chi connectivity index (χ4n) is 7.40. The largest absolute Gasteiger partial charge is 0.445 e. The van der Waals surface area contributed by atoms with Crippen molar-refractivity contribution >= 4 is 60.5 Å². The van der Waals surface area contributed by atoms with Gasteiger partial charge < -0.3 is 41.0 Å². The molecule has 0 spiro atoms. The van der Waals surface area contributed by atoms with Crippen LogP contribution in [0.25, 0.3) is 22.3 Å². The first-order chi connectivity index (χ1) is 31.2. The van der Waals surface area contributed by atoms with E-state index in [1.807, 2.05) is 16.9 Å². The van der Waals surface area contributed by atoms with Gasteiger partial charge in [0.1, 0.15) is 19.0 Å². The molecule has 1 saturated carbocycles. The SMILES string of the molecule is CC#N.CCC.[B]NC(CC(N)=O)C(=O)N1CCCC1C(=O)NCC(=O)Nc1ccc(COC(=O)N(C)CCN(C)C(=O)n2ccc3c(-c4cnn(CC5CCCC5)c4)ncnc32)cc1.[Y]. The number of nitrogens with one attached hydrogen (secondary N) is 3. The van der Waals surface area contributed by atoms with Gasteiger partial charge in [-0.05, 0) is 55.4 Å². The number of nitrogens with zero attached hydrogens (tertiary/aromatic N) is 9. The van der Waals surface area contributed by atoms with E-state index < -0.39 is 41.8 Å². The van der Waals surface area contributed by atoms with E-state index in [0.29, 0.717) is 47.9 Å². The number of hydrogen-bond acceptors (Lipinski definition) is 12. The van der Waals surface area contributed by atoms with Crippen LogP contribution < -0.4 is 21.6 Å². The fraction of sp³-hybridized carbons (Fsp3) is 0.500. The van der Waals surface area contributed by atoms with Gasteiger partial charge in [0.05, 0.1) is 30.5 Å². The molecule has 2 atom stereocenters. The van der Waals surface area contributed by atoms with Crippen LogP contribution in [-0.2, 0) is 69.8 Å². The number of likely N-dealkylation sites (N-methyl/N-ethyl adjacent to an activating group) is 2. The Morgan fingerprint density at radius 1 is 1.00 bits per heavy atom. The van der Waals surface area contributed by atoms with Crippen LogP contribution in [0.1, 0.15) is 77.7 Å². The second-order valence-electron chi connectivity index (χ2n) is 15.9. The molecule has 1 aromatic carbocycles. The molecule has 22 heteroatoms. The third-order valence-corrected chi connectivity index (χ3v) is 10.7. The summed E-state index contributed by atoms with van der Waals surface area (Å²) in [5.41, 5.74) is 8.36. The second-order valence-corrected chi connectivity index (χ2v) is 15.9. The molecule has 66 heavy (non-hydrogen) atoms. The Hall–Kier alpha value is -5.71. The van der Waals surface area contributed by atoms with E-state index in [1.54, 1.807) is 56.8 Å². The van der Waals surface area contributed by atoms with Crippen molar-refractivity contribution < 1.29 is 66.2 Å². The maximum absolute atomic E-state index is 13.5. The van der Waals surface area contributed by atoms with Gasteiger partial charge in [0.15, 0.2) is 13.6 Å². The summed E-state index contributed by atoms with van der Waals surface area (Å²) in [6.45, 7) is 6.93. The number of rotatable bonds is 16. The molecule has 3 aromatic heterocycles. The topological polar surface area (TPSA) is 256 Å². The first-order valence-electron chi connectivity index (χ1n) is 21.7. The smallest absolute Gasteiger partial charge is 0.409 e. The number of hydrogen-bond donors (Lipinski definition) is 4. The quantitative estimate of drug-likeness (QED) is 0.118. The van der Waals surface area contributed by atoms with E-state index in [4.69, 9.17) is 23.7 Å². The molecular weight excluding hydrogens is 922 g/mol. The van der Waals surface area contributed by atoms with Crippen LogP contribution in [0.4, 0.5) is 15.3 Å². The zero-order valence-electron chi connectivity index (χ0n) is 38.4. The van der Waals surface area contributed by atoms with Crippen molar-refractivity contribution in [2.24, 2.45) is 11.7 Å². The number of amides is 6. The van der Waals surface area contributed by atoms with E-state index >= 15 is 0 Å². The van der Waals surface area contributed by atoms with Gasteiger partial charge in [0, 0.05) is 115 Å². The zero-order chi connectivity index (χ0) is 47.5. The average molecular weight is 983 g/mol. The number of likely N-dealkylation sites (tertiary alicyclic amines) is 1. The van der Waals surface area contributed by atoms with Gasteiger partial charge in [-0.25, -0.2) is 19.6 Å². The molecule has 349 valence electrons. The number of fused-ring (bicyclic) bond motifs is 1. The van der Waals surface area contributed by atoms with Gasteiger partial charge in [-0.3, -0.25) is 28.4 Å². The molecule has 4 heterocycles. The van der Waals surface area contributed by atoms with E-state index in [9.17, 15) is 28.8 Å². The van der Waals surface area contributed by atoms with Crippen molar-refractivity contribution in [2.45, 2.75) is 97.4 Å². The number of primary amides is 1. The molecule has 2 fully saturated rings. The molecule has 2 unspecified atom stereocenters. The fourth-order valence-corrected chi connectivity index (χ4v) is 7.40. The van der Waals surface area contributed by atoms with Crippen LogP contribution in [-0.4, -0.2) is 135 Å². The molecule has 5 N–H and O–H groups in total. The van der Waals surface area contributed by atoms with Gasteiger partial charge in [-0.1, -0.05) is 45.2 Å². The van der Waals surface area contributed by atoms with Gasteiger partial charge in [-0.2, -0.15) is 10.4 Å². The molecule has 1 saturated heterocycles. The maximum atomic E-state index is 13.5. The Morgan fingerprint density at radius 2 is 1.67 bits per heavy atom. The normalized spacial score (nSPS) is 14.5. The van der Waals surface area contributed by atoms with Crippen LogP contribution >= 0.6 is 0 Å². The van der Waals surface area contributed by atoms with Crippen molar-refractivity contribution in [3.05, 3.63) is 60.8 Å². The van der Waals surface area contributed by atoms with Crippen molar-refractivity contribution in [2.75, 3.05) is 45.6 Å². The second kappa shape index (κ2) is 27.7. The summed E-state index contributed by atoms with van der Waals surface area (Å²) in [6.07, 6.45) is 13.2. The molecule has 4 aromatic rings. The number of nitriles is 1. The first-order valence-corrected chi connectivity index (χ1v) is 21.7. The number of nitrogens with two attached hydrogens (primary N) is 1. The third-order valence-electron chi connectivity index (χ3n) is 10.7. The van der Waals surface area contributed by atoms with Crippen LogP contribution in [0.15, 0.2) is 55.2 Å². The van der Waals surface area contributed by atoms with Crippen LogP contribution in [0.3, 0.4) is 0 Å². The van der Waals surface area contributed by atoms with Crippen LogP contribution in [0.2, 0.25) is 0 Å². The Bertz CT molecular complexity index is 2280. The maximum Gasteiger partial charge on any atom is 0.409 e. The standard InChI is InChI=1S/C39H49BN12O7.C3H8.C2H3N.Y/c1-48(38(57)52-15-13-29-34(43-24-44-35(29)52)27-19-45-50(22-27)21-25-6-3-4-7-25)16-17-49(2)39(58)59-23-26-9-11-28(12-10-26)46-33(54)20-42-36(55)31-8-5-14-51(31)37(56)30(47-40)18-32(41)53;1-3-2;1-2-3;/h9-13,15,19,22,24-25,30-31,47H,3-8,14,16-18,20-21,23H2,1-2H3,(H2,41,53)(H,42,55)(H,46,54);3H2,1-2H3;1H3;. The summed E-state index contributed by atoms with van der Waals surface area (Å²) in [5.74, 6) is -1.59. The van der Waals surface area contributed by atoms with Gasteiger partial charge >= 0.3 is 12.1 Å². The Labute approximate surface area is 412 Å². The molecule has 0 bridgehead atoms. The van der Waals surface area contributed by atoms with Crippen molar-refractivity contribution in [1.29, 1.82) is 5.26 Å². The first kappa shape index (κ1) is 54.6. The zero-order valence-corrected chi connectivity index (χ0v) is 41.3. The van der Waals surface area contributed by atoms with E-state index in [0.717, 1.165) is 17.5 Å². The Kier molecular flexibility index (Phi) is 22.9. The third kappa shape index (κ3) is 15.7. The number of carbonyl (C=O) groups is 6. The van der Waals surface area contributed by atoms with E-state index in [-0.39, 0.29) is 71.4 Å². The summed E-state index contributed by atoms with van der Waals surface area (Å²) < 4.78 is 8.90. The molecule has 6 amide bonds. The molecule has 6 rings (SSSR count). The number of ether oxygens (including phenoxy) is 1. The minimum Gasteiger partial charge on any atom is -0.445 e. The summed E-state index contributed by atoms with van der Waals surface area (Å²) in [5, 5.41) is 20.1. The van der Waals surface area contributed by atoms with Crippen molar-refractivity contribution in [3.8, 4) is 17.3 Å². The molecule has 1 aliphatic heterocycles. The van der Waals surface area contributed by atoms with Gasteiger partial charge in [0.2, 0.25) is 23.6 Å². The summed E-state index contributed by atoms with van der Waals surface area (Å²) in [4.78, 5) is 88.9. The van der Waals surface area contributed by atoms with Gasteiger partial charge in [-0.15, -0.1) is 0 Å². The minimum atomic E-state index is -1.06. The average Bonchev–Trinajstić information content (AvgIpc) is 4.15. The summed E-state index contributed by atoms with van der Waals surface area (Å²) in [6, 6.07) is 8.01. The van der Waals surface area contributed by atoms with Crippen LogP contribution in [0.5, 0.6) is 0 Å². The number of anilines is 1.